The van der Waals surface area contributed by atoms with Gasteiger partial charge in [-0.05, 0) is 0 Å². The summed E-state index contributed by atoms with van der Waals surface area (Å²) in [6, 6.07) is 0. The van der Waals surface area contributed by atoms with Crippen LogP contribution in [0.1, 0.15) is 44.9 Å². The standard InChI is InChI=1S/C12H21INO2/c1-16-10(15)8-11-2-5-12(6-3-11,7-4-11)9-13-14/h2-9,14H2,1H3/q-1. The third-order valence-corrected chi connectivity index (χ3v) is 6.72. The first-order valence-corrected chi connectivity index (χ1v) is 8.76. The van der Waals surface area contributed by atoms with Gasteiger partial charge in [0.15, 0.2) is 0 Å². The fourth-order valence-corrected chi connectivity index (χ4v) is 5.43. The van der Waals surface area contributed by atoms with Crippen molar-refractivity contribution in [3.05, 3.63) is 0 Å². The van der Waals surface area contributed by atoms with Crippen molar-refractivity contribution >= 4 is 5.97 Å². The SMILES string of the molecule is COC(=O)CC12CCC(C[I-]N)(CC1)CC2. The second-order valence-corrected chi connectivity index (χ2v) is 7.18. The Labute approximate surface area is 108 Å². The molecule has 0 amide bonds. The number of carbonyl (C=O) groups excluding carboxylic acids is 1. The van der Waals surface area contributed by atoms with E-state index >= 15 is 0 Å². The van der Waals surface area contributed by atoms with Crippen LogP contribution >= 0.6 is 0 Å². The molecule has 2 N–H and O–H groups in total. The Balaban J connectivity index is 1.97. The van der Waals surface area contributed by atoms with Crippen LogP contribution in [0.25, 0.3) is 0 Å². The van der Waals surface area contributed by atoms with E-state index in [1.165, 1.54) is 50.1 Å². The molecule has 2 bridgehead atoms. The topological polar surface area (TPSA) is 52.3 Å². The summed E-state index contributed by atoms with van der Waals surface area (Å²) in [5.74, 6) is -0.0272. The Morgan fingerprint density at radius 1 is 1.19 bits per heavy atom. The molecule has 0 heterocycles. The molecule has 4 heteroatoms. The Morgan fingerprint density at radius 2 is 1.69 bits per heavy atom. The van der Waals surface area contributed by atoms with Crippen LogP contribution in [0.3, 0.4) is 0 Å². The van der Waals surface area contributed by atoms with Gasteiger partial charge in [-0.1, -0.05) is 0 Å². The molecular weight excluding hydrogens is 317 g/mol. The van der Waals surface area contributed by atoms with E-state index in [9.17, 15) is 4.79 Å². The maximum atomic E-state index is 11.4. The molecule has 0 spiro atoms. The van der Waals surface area contributed by atoms with Gasteiger partial charge < -0.3 is 0 Å². The quantitative estimate of drug-likeness (QED) is 0.305. The summed E-state index contributed by atoms with van der Waals surface area (Å²) in [6.45, 7) is 0. The maximum absolute atomic E-state index is 11.4. The predicted molar refractivity (Wildman–Crippen MR) is 58.3 cm³/mol. The van der Waals surface area contributed by atoms with Crippen LogP contribution in [0.15, 0.2) is 0 Å². The number of rotatable bonds is 4. The Kier molecular flexibility index (Phi) is 3.79. The van der Waals surface area contributed by atoms with Crippen molar-refractivity contribution in [2.24, 2.45) is 14.8 Å². The molecule has 3 fully saturated rings. The monoisotopic (exact) mass is 338 g/mol. The average molecular weight is 338 g/mol. The molecular formula is C12H21INO2-. The van der Waals surface area contributed by atoms with E-state index in [0.717, 1.165) is 0 Å². The number of methoxy groups -OCH3 is 1. The fraction of sp³-hybridized carbons (Fsp3) is 0.917. The van der Waals surface area contributed by atoms with Gasteiger partial charge in [0, 0.05) is 0 Å². The number of hydrogen-bond donors (Lipinski definition) is 1. The molecule has 0 unspecified atom stereocenters. The van der Waals surface area contributed by atoms with E-state index in [4.69, 9.17) is 8.68 Å². The summed E-state index contributed by atoms with van der Waals surface area (Å²) in [7, 11) is 1.49. The van der Waals surface area contributed by atoms with Gasteiger partial charge in [0.05, 0.1) is 0 Å². The van der Waals surface area contributed by atoms with Gasteiger partial charge in [0.25, 0.3) is 0 Å². The third-order valence-electron chi connectivity index (χ3n) is 4.66. The van der Waals surface area contributed by atoms with Gasteiger partial charge in [-0.25, -0.2) is 0 Å². The zero-order chi connectivity index (χ0) is 11.6. The molecule has 0 aromatic heterocycles. The number of hydrogen-bond acceptors (Lipinski definition) is 3. The van der Waals surface area contributed by atoms with Gasteiger partial charge in [-0.2, -0.15) is 0 Å². The summed E-state index contributed by atoms with van der Waals surface area (Å²) < 4.78 is 11.9. The molecule has 16 heavy (non-hydrogen) atoms. The number of ether oxygens (including phenoxy) is 1. The van der Waals surface area contributed by atoms with Crippen LogP contribution in [0, 0.1) is 10.8 Å². The Bertz CT molecular complexity index is 256. The third kappa shape index (κ3) is 2.37. The number of fused-ring (bicyclic) bond motifs is 3. The molecule has 94 valence electrons. The number of esters is 1. The molecule has 0 radical (unpaired) electrons. The van der Waals surface area contributed by atoms with Crippen molar-refractivity contribution < 1.29 is 31.0 Å². The molecule has 3 nitrogen and oxygen atoms in total. The second-order valence-electron chi connectivity index (χ2n) is 5.54. The zero-order valence-electron chi connectivity index (χ0n) is 9.93. The Hall–Kier alpha value is 0.160. The Morgan fingerprint density at radius 3 is 2.12 bits per heavy atom. The first-order chi connectivity index (χ1) is 7.64. The van der Waals surface area contributed by atoms with Crippen molar-refractivity contribution in [1.29, 1.82) is 0 Å². The van der Waals surface area contributed by atoms with Gasteiger partial charge in [0.2, 0.25) is 0 Å². The molecule has 0 aromatic carbocycles. The summed E-state index contributed by atoms with van der Waals surface area (Å²) in [5, 5.41) is 0. The second kappa shape index (κ2) is 4.80. The first-order valence-electron chi connectivity index (χ1n) is 5.98. The number of alkyl halides is 1. The van der Waals surface area contributed by atoms with E-state index in [0.29, 0.717) is 11.8 Å². The van der Waals surface area contributed by atoms with Crippen molar-refractivity contribution in [2.75, 3.05) is 11.5 Å². The van der Waals surface area contributed by atoms with Crippen LogP contribution in [0.5, 0.6) is 0 Å². The average Bonchev–Trinajstić information content (AvgIpc) is 2.32. The molecule has 0 aromatic rings. The zero-order valence-corrected chi connectivity index (χ0v) is 12.1. The van der Waals surface area contributed by atoms with E-state index in [-0.39, 0.29) is 32.9 Å². The summed E-state index contributed by atoms with van der Waals surface area (Å²) in [5.41, 5.74) is 0.849. The molecule has 0 aliphatic heterocycles. The van der Waals surface area contributed by atoms with Crippen molar-refractivity contribution in [1.82, 2.24) is 0 Å². The van der Waals surface area contributed by atoms with Crippen molar-refractivity contribution in [3.8, 4) is 0 Å². The van der Waals surface area contributed by atoms with Gasteiger partial charge >= 0.3 is 108 Å². The summed E-state index contributed by atoms with van der Waals surface area (Å²) in [4.78, 5) is 11.4. The summed E-state index contributed by atoms with van der Waals surface area (Å²) in [6.07, 6.45) is 8.16. The number of nitrogens with two attached hydrogens (primary N) is 1. The van der Waals surface area contributed by atoms with Crippen LogP contribution in [-0.4, -0.2) is 17.5 Å². The van der Waals surface area contributed by atoms with Crippen molar-refractivity contribution in [2.45, 2.75) is 44.9 Å². The van der Waals surface area contributed by atoms with Gasteiger partial charge in [0.1, 0.15) is 0 Å². The molecule has 3 rings (SSSR count). The first kappa shape index (κ1) is 12.6. The van der Waals surface area contributed by atoms with E-state index in [1.54, 1.807) is 0 Å². The molecule has 3 aliphatic rings. The molecule has 3 saturated carbocycles. The molecule has 0 atom stereocenters. The van der Waals surface area contributed by atoms with Crippen LogP contribution in [-0.2, 0) is 9.53 Å². The van der Waals surface area contributed by atoms with Gasteiger partial charge in [-0.15, -0.1) is 0 Å². The number of halogens is 1. The fourth-order valence-electron chi connectivity index (χ4n) is 3.35. The minimum atomic E-state index is -0.0780. The predicted octanol–water partition coefficient (Wildman–Crippen LogP) is -1.15. The number of carbonyl (C=O) groups is 1. The van der Waals surface area contributed by atoms with E-state index in [1.807, 2.05) is 0 Å². The van der Waals surface area contributed by atoms with E-state index in [2.05, 4.69) is 0 Å². The van der Waals surface area contributed by atoms with Crippen LogP contribution in [0.4, 0.5) is 0 Å². The van der Waals surface area contributed by atoms with E-state index < -0.39 is 0 Å². The minimum absolute atomic E-state index is 0.0272. The van der Waals surface area contributed by atoms with Crippen molar-refractivity contribution in [3.63, 3.8) is 0 Å². The molecule has 3 aliphatic carbocycles. The van der Waals surface area contributed by atoms with Crippen LogP contribution < -0.4 is 25.4 Å². The van der Waals surface area contributed by atoms with Gasteiger partial charge in [-0.3, -0.25) is 0 Å². The molecule has 0 saturated heterocycles. The van der Waals surface area contributed by atoms with Crippen LogP contribution in [0.2, 0.25) is 0 Å². The summed E-state index contributed by atoms with van der Waals surface area (Å²) >= 11 is -0.0780. The normalized spacial score (nSPS) is 37.6.